The smallest absolute Gasteiger partial charge is 0.0715 e. The first-order valence-electron chi connectivity index (χ1n) is 8.17. The Morgan fingerprint density at radius 2 is 1.08 bits per heavy atom. The Kier molecular flexibility index (Phi) is 2.86. The van der Waals surface area contributed by atoms with E-state index in [1.54, 1.807) is 0 Å². The lowest BCUT2D eigenvalue weighted by Crippen LogP contribution is -1.87. The van der Waals surface area contributed by atoms with Gasteiger partial charge in [-0.2, -0.15) is 0 Å². The van der Waals surface area contributed by atoms with Crippen molar-refractivity contribution in [1.29, 1.82) is 0 Å². The van der Waals surface area contributed by atoms with Crippen molar-refractivity contribution in [2.45, 2.75) is 0 Å². The van der Waals surface area contributed by atoms with E-state index < -0.39 is 0 Å². The SMILES string of the molecule is c1ccc2nc3cccc(-c4cccc5ccccc45)c3cc2c1. The highest BCUT2D eigenvalue weighted by atomic mass is 14.7. The predicted molar refractivity (Wildman–Crippen MR) is 102 cm³/mol. The molecule has 4 aromatic carbocycles. The Morgan fingerprint density at radius 1 is 0.458 bits per heavy atom. The molecule has 0 aliphatic rings. The van der Waals surface area contributed by atoms with Crippen LogP contribution in [-0.2, 0) is 0 Å². The standard InChI is InChI=1S/C23H15N/c1-3-10-18-16(7-1)9-5-11-19(18)20-12-6-14-23-21(20)15-17-8-2-4-13-22(17)24-23/h1-15H. The zero-order valence-electron chi connectivity index (χ0n) is 13.1. The van der Waals surface area contributed by atoms with Gasteiger partial charge in [-0.25, -0.2) is 4.98 Å². The van der Waals surface area contributed by atoms with Gasteiger partial charge in [-0.05, 0) is 40.1 Å². The molecule has 1 heterocycles. The first-order valence-corrected chi connectivity index (χ1v) is 8.17. The van der Waals surface area contributed by atoms with Crippen LogP contribution in [0.3, 0.4) is 0 Å². The average Bonchev–Trinajstić information content (AvgIpc) is 2.65. The summed E-state index contributed by atoms with van der Waals surface area (Å²) >= 11 is 0. The quantitative estimate of drug-likeness (QED) is 0.336. The van der Waals surface area contributed by atoms with E-state index in [2.05, 4.69) is 84.9 Å². The van der Waals surface area contributed by atoms with Crippen LogP contribution in [0.4, 0.5) is 0 Å². The molecule has 0 saturated carbocycles. The lowest BCUT2D eigenvalue weighted by Gasteiger charge is -2.11. The second-order valence-corrected chi connectivity index (χ2v) is 6.08. The number of aromatic nitrogens is 1. The van der Waals surface area contributed by atoms with Gasteiger partial charge in [0.05, 0.1) is 11.0 Å². The van der Waals surface area contributed by atoms with Crippen molar-refractivity contribution in [2.24, 2.45) is 0 Å². The van der Waals surface area contributed by atoms with Gasteiger partial charge in [-0.3, -0.25) is 0 Å². The maximum absolute atomic E-state index is 4.84. The van der Waals surface area contributed by atoms with Gasteiger partial charge in [-0.15, -0.1) is 0 Å². The zero-order chi connectivity index (χ0) is 15.9. The summed E-state index contributed by atoms with van der Waals surface area (Å²) in [6, 6.07) is 32.0. The van der Waals surface area contributed by atoms with Gasteiger partial charge in [0.25, 0.3) is 0 Å². The third kappa shape index (κ3) is 1.99. The summed E-state index contributed by atoms with van der Waals surface area (Å²) in [4.78, 5) is 4.84. The maximum atomic E-state index is 4.84. The number of pyridine rings is 1. The fourth-order valence-electron chi connectivity index (χ4n) is 3.49. The van der Waals surface area contributed by atoms with Crippen LogP contribution in [0.5, 0.6) is 0 Å². The first kappa shape index (κ1) is 13.3. The molecule has 0 bridgehead atoms. The largest absolute Gasteiger partial charge is 0.248 e. The molecule has 0 saturated heterocycles. The van der Waals surface area contributed by atoms with Crippen molar-refractivity contribution in [1.82, 2.24) is 4.98 Å². The highest BCUT2D eigenvalue weighted by Crippen LogP contribution is 2.34. The molecule has 0 atom stereocenters. The van der Waals surface area contributed by atoms with Crippen LogP contribution in [0.2, 0.25) is 0 Å². The lowest BCUT2D eigenvalue weighted by atomic mass is 9.95. The number of rotatable bonds is 1. The van der Waals surface area contributed by atoms with E-state index in [0.717, 1.165) is 11.0 Å². The molecule has 5 rings (SSSR count). The molecule has 5 aromatic rings. The number of hydrogen-bond donors (Lipinski definition) is 0. The van der Waals surface area contributed by atoms with Gasteiger partial charge in [0.1, 0.15) is 0 Å². The highest BCUT2D eigenvalue weighted by molar-refractivity contribution is 6.07. The Labute approximate surface area is 140 Å². The van der Waals surface area contributed by atoms with Crippen LogP contribution < -0.4 is 0 Å². The molecule has 0 unspecified atom stereocenters. The molecule has 1 heteroatoms. The summed E-state index contributed by atoms with van der Waals surface area (Å²) < 4.78 is 0. The minimum Gasteiger partial charge on any atom is -0.248 e. The van der Waals surface area contributed by atoms with Crippen molar-refractivity contribution in [3.05, 3.63) is 91.0 Å². The predicted octanol–water partition coefficient (Wildman–Crippen LogP) is 6.21. The second kappa shape index (κ2) is 5.17. The van der Waals surface area contributed by atoms with Crippen LogP contribution in [0.25, 0.3) is 43.7 Å². The molecule has 0 fully saturated rings. The van der Waals surface area contributed by atoms with Crippen molar-refractivity contribution >= 4 is 32.6 Å². The number of para-hydroxylation sites is 1. The van der Waals surface area contributed by atoms with Gasteiger partial charge in [0.15, 0.2) is 0 Å². The Hall–Kier alpha value is -3.19. The van der Waals surface area contributed by atoms with Crippen LogP contribution in [0.15, 0.2) is 91.0 Å². The molecule has 1 nitrogen and oxygen atoms in total. The first-order chi connectivity index (χ1) is 11.9. The fourth-order valence-corrected chi connectivity index (χ4v) is 3.49. The van der Waals surface area contributed by atoms with Crippen molar-refractivity contribution < 1.29 is 0 Å². The fraction of sp³-hybridized carbons (Fsp3) is 0. The summed E-state index contributed by atoms with van der Waals surface area (Å²) in [5.41, 5.74) is 4.58. The number of benzene rings is 4. The van der Waals surface area contributed by atoms with Gasteiger partial charge in [0.2, 0.25) is 0 Å². The van der Waals surface area contributed by atoms with Gasteiger partial charge in [-0.1, -0.05) is 72.8 Å². The van der Waals surface area contributed by atoms with E-state index in [1.807, 2.05) is 6.07 Å². The lowest BCUT2D eigenvalue weighted by molar-refractivity contribution is 1.50. The van der Waals surface area contributed by atoms with Crippen LogP contribution >= 0.6 is 0 Å². The third-order valence-electron chi connectivity index (χ3n) is 4.64. The maximum Gasteiger partial charge on any atom is 0.0715 e. The van der Waals surface area contributed by atoms with Crippen LogP contribution in [0, 0.1) is 0 Å². The molecule has 112 valence electrons. The molecule has 24 heavy (non-hydrogen) atoms. The molecular formula is C23H15N. The number of nitrogens with zero attached hydrogens (tertiary/aromatic N) is 1. The molecule has 1 aromatic heterocycles. The topological polar surface area (TPSA) is 12.9 Å². The van der Waals surface area contributed by atoms with E-state index in [1.165, 1.54) is 32.7 Å². The van der Waals surface area contributed by atoms with Gasteiger partial charge >= 0.3 is 0 Å². The average molecular weight is 305 g/mol. The Morgan fingerprint density at radius 3 is 2.00 bits per heavy atom. The van der Waals surface area contributed by atoms with Crippen LogP contribution in [-0.4, -0.2) is 4.98 Å². The molecule has 0 N–H and O–H groups in total. The number of fused-ring (bicyclic) bond motifs is 3. The molecule has 0 spiro atoms. The molecule has 0 radical (unpaired) electrons. The van der Waals surface area contributed by atoms with E-state index in [-0.39, 0.29) is 0 Å². The summed E-state index contributed by atoms with van der Waals surface area (Å²) in [5.74, 6) is 0. The van der Waals surface area contributed by atoms with Crippen LogP contribution in [0.1, 0.15) is 0 Å². The minimum absolute atomic E-state index is 1.04. The molecule has 0 aliphatic heterocycles. The summed E-state index contributed by atoms with van der Waals surface area (Å²) in [7, 11) is 0. The van der Waals surface area contributed by atoms with Crippen molar-refractivity contribution in [3.8, 4) is 11.1 Å². The summed E-state index contributed by atoms with van der Waals surface area (Å²) in [6.07, 6.45) is 0. The van der Waals surface area contributed by atoms with Crippen molar-refractivity contribution in [3.63, 3.8) is 0 Å². The highest BCUT2D eigenvalue weighted by Gasteiger charge is 2.09. The third-order valence-corrected chi connectivity index (χ3v) is 4.64. The van der Waals surface area contributed by atoms with Crippen molar-refractivity contribution in [2.75, 3.05) is 0 Å². The Balaban J connectivity index is 1.90. The molecular weight excluding hydrogens is 290 g/mol. The summed E-state index contributed by atoms with van der Waals surface area (Å²) in [6.45, 7) is 0. The van der Waals surface area contributed by atoms with Gasteiger partial charge < -0.3 is 0 Å². The van der Waals surface area contributed by atoms with E-state index >= 15 is 0 Å². The molecule has 0 amide bonds. The Bertz CT molecular complexity index is 1200. The number of hydrogen-bond acceptors (Lipinski definition) is 1. The minimum atomic E-state index is 1.04. The van der Waals surface area contributed by atoms with Gasteiger partial charge in [0, 0.05) is 10.8 Å². The van der Waals surface area contributed by atoms with E-state index in [9.17, 15) is 0 Å². The van der Waals surface area contributed by atoms with E-state index in [0.29, 0.717) is 0 Å². The zero-order valence-corrected chi connectivity index (χ0v) is 13.1. The van der Waals surface area contributed by atoms with E-state index in [4.69, 9.17) is 4.98 Å². The summed E-state index contributed by atoms with van der Waals surface area (Å²) in [5, 5.41) is 4.92. The normalized spacial score (nSPS) is 11.3. The molecule has 0 aliphatic carbocycles. The second-order valence-electron chi connectivity index (χ2n) is 6.08. The monoisotopic (exact) mass is 305 g/mol.